The molecule has 156 valence electrons. The summed E-state index contributed by atoms with van der Waals surface area (Å²) in [6.45, 7) is 3.82. The predicted octanol–water partition coefficient (Wildman–Crippen LogP) is 6.95. The minimum absolute atomic E-state index is 0.203. The van der Waals surface area contributed by atoms with Crippen LogP contribution in [-0.2, 0) is 4.79 Å². The van der Waals surface area contributed by atoms with E-state index in [1.807, 2.05) is 60.7 Å². The molecule has 1 N–H and O–H groups in total. The largest absolute Gasteiger partial charge is 0.481 e. The van der Waals surface area contributed by atoms with Gasteiger partial charge in [0.05, 0.1) is 5.69 Å². The first-order valence-corrected chi connectivity index (χ1v) is 11.5. The van der Waals surface area contributed by atoms with Crippen LogP contribution in [0.25, 0.3) is 21.8 Å². The Morgan fingerprint density at radius 2 is 1.74 bits per heavy atom. The number of ether oxygens (including phenoxy) is 1. The third kappa shape index (κ3) is 5.21. The zero-order valence-electron chi connectivity index (χ0n) is 17.1. The van der Waals surface area contributed by atoms with Crippen molar-refractivity contribution in [1.29, 1.82) is 0 Å². The summed E-state index contributed by atoms with van der Waals surface area (Å²) >= 11 is 5.02. The molecule has 1 aromatic heterocycles. The zero-order valence-corrected chi connectivity index (χ0v) is 19.5. The van der Waals surface area contributed by atoms with Crippen LogP contribution in [0.2, 0.25) is 0 Å². The lowest BCUT2D eigenvalue weighted by Crippen LogP contribution is -2.30. The van der Waals surface area contributed by atoms with Crippen LogP contribution in [0.15, 0.2) is 82.6 Å². The van der Waals surface area contributed by atoms with Crippen molar-refractivity contribution in [2.45, 2.75) is 20.0 Å². The Balaban J connectivity index is 1.41. The van der Waals surface area contributed by atoms with Crippen molar-refractivity contribution in [3.8, 4) is 27.6 Å². The van der Waals surface area contributed by atoms with E-state index >= 15 is 0 Å². The molecule has 0 aliphatic heterocycles. The van der Waals surface area contributed by atoms with Crippen LogP contribution < -0.4 is 10.1 Å². The number of hydrogen-bond acceptors (Lipinski definition) is 4. The molecule has 6 heteroatoms. The fraction of sp³-hybridized carbons (Fsp3) is 0.120. The number of thiazole rings is 1. The van der Waals surface area contributed by atoms with E-state index in [1.54, 1.807) is 18.3 Å². The summed E-state index contributed by atoms with van der Waals surface area (Å²) in [6, 6.07) is 23.3. The van der Waals surface area contributed by atoms with Gasteiger partial charge in [-0.1, -0.05) is 52.3 Å². The average Bonchev–Trinajstić information content (AvgIpc) is 3.26. The van der Waals surface area contributed by atoms with Crippen LogP contribution in [0.3, 0.4) is 0 Å². The van der Waals surface area contributed by atoms with Crippen LogP contribution in [0, 0.1) is 6.92 Å². The molecule has 1 unspecified atom stereocenters. The Labute approximate surface area is 194 Å². The van der Waals surface area contributed by atoms with Crippen molar-refractivity contribution < 1.29 is 9.53 Å². The third-order valence-corrected chi connectivity index (χ3v) is 6.23. The molecule has 1 heterocycles. The van der Waals surface area contributed by atoms with Crippen molar-refractivity contribution in [3.63, 3.8) is 0 Å². The van der Waals surface area contributed by atoms with Crippen molar-refractivity contribution >= 4 is 38.9 Å². The van der Waals surface area contributed by atoms with Gasteiger partial charge in [0.15, 0.2) is 6.10 Å². The van der Waals surface area contributed by atoms with Crippen LogP contribution in [0.4, 0.5) is 5.69 Å². The van der Waals surface area contributed by atoms with Crippen molar-refractivity contribution in [1.82, 2.24) is 4.98 Å². The van der Waals surface area contributed by atoms with Crippen molar-refractivity contribution in [2.75, 3.05) is 5.32 Å². The van der Waals surface area contributed by atoms with Crippen LogP contribution in [0.1, 0.15) is 12.5 Å². The van der Waals surface area contributed by atoms with Gasteiger partial charge < -0.3 is 10.1 Å². The standard InChI is InChI=1S/C25H21BrN2O2S/c1-16-5-3-4-6-22(16)25-28-23(15-31-25)18-7-11-20(12-8-18)27-24(29)17(2)30-21-13-9-19(26)10-14-21/h3-15,17H,1-2H3,(H,27,29). The highest BCUT2D eigenvalue weighted by Crippen LogP contribution is 2.31. The van der Waals surface area contributed by atoms with E-state index in [4.69, 9.17) is 9.72 Å². The van der Waals surface area contributed by atoms with Crippen LogP contribution in [0.5, 0.6) is 5.75 Å². The lowest BCUT2D eigenvalue weighted by Gasteiger charge is -2.15. The van der Waals surface area contributed by atoms with Gasteiger partial charge in [-0.3, -0.25) is 4.79 Å². The monoisotopic (exact) mass is 492 g/mol. The summed E-state index contributed by atoms with van der Waals surface area (Å²) in [7, 11) is 0. The van der Waals surface area contributed by atoms with Crippen LogP contribution in [-0.4, -0.2) is 17.0 Å². The lowest BCUT2D eigenvalue weighted by atomic mass is 10.1. The summed E-state index contributed by atoms with van der Waals surface area (Å²) in [5.74, 6) is 0.445. The molecule has 4 rings (SSSR count). The molecule has 0 aliphatic rings. The topological polar surface area (TPSA) is 51.2 Å². The highest BCUT2D eigenvalue weighted by atomic mass is 79.9. The van der Waals surface area contributed by atoms with Crippen molar-refractivity contribution in [2.24, 2.45) is 0 Å². The second-order valence-corrected chi connectivity index (χ2v) is 8.91. The molecule has 1 amide bonds. The molecule has 31 heavy (non-hydrogen) atoms. The lowest BCUT2D eigenvalue weighted by molar-refractivity contribution is -0.122. The SMILES string of the molecule is Cc1ccccc1-c1nc(-c2ccc(NC(=O)C(C)Oc3ccc(Br)cc3)cc2)cs1. The number of benzene rings is 3. The van der Waals surface area contributed by atoms with E-state index in [-0.39, 0.29) is 5.91 Å². The molecule has 0 bridgehead atoms. The molecule has 0 saturated heterocycles. The molecule has 0 saturated carbocycles. The maximum Gasteiger partial charge on any atom is 0.265 e. The molecule has 0 fully saturated rings. The number of anilines is 1. The molecule has 0 radical (unpaired) electrons. The van der Waals surface area contributed by atoms with Gasteiger partial charge in [0.2, 0.25) is 0 Å². The Hall–Kier alpha value is -2.96. The second kappa shape index (κ2) is 9.45. The highest BCUT2D eigenvalue weighted by Gasteiger charge is 2.15. The molecule has 3 aromatic carbocycles. The van der Waals surface area contributed by atoms with Gasteiger partial charge in [-0.15, -0.1) is 11.3 Å². The van der Waals surface area contributed by atoms with Gasteiger partial charge in [-0.2, -0.15) is 0 Å². The minimum atomic E-state index is -0.615. The van der Waals surface area contributed by atoms with Gasteiger partial charge in [-0.05, 0) is 55.8 Å². The number of nitrogens with one attached hydrogen (secondary N) is 1. The summed E-state index contributed by atoms with van der Waals surface area (Å²) < 4.78 is 6.67. The number of rotatable bonds is 6. The molecular formula is C25H21BrN2O2S. The van der Waals surface area contributed by atoms with Crippen molar-refractivity contribution in [3.05, 3.63) is 88.2 Å². The summed E-state index contributed by atoms with van der Waals surface area (Å²) in [6.07, 6.45) is -0.615. The number of carbonyl (C=O) groups excluding carboxylic acids is 1. The first-order chi connectivity index (χ1) is 15.0. The normalized spacial score (nSPS) is 11.7. The molecule has 0 spiro atoms. The summed E-state index contributed by atoms with van der Waals surface area (Å²) in [5.41, 5.74) is 5.01. The van der Waals surface area contributed by atoms with Gasteiger partial charge in [0, 0.05) is 26.7 Å². The average molecular weight is 493 g/mol. The first-order valence-electron chi connectivity index (χ1n) is 9.84. The number of aryl methyl sites for hydroxylation is 1. The van der Waals surface area contributed by atoms with E-state index in [9.17, 15) is 4.79 Å². The number of hydrogen-bond donors (Lipinski definition) is 1. The Morgan fingerprint density at radius 3 is 2.45 bits per heavy atom. The number of carbonyl (C=O) groups is 1. The van der Waals surface area contributed by atoms with Gasteiger partial charge >= 0.3 is 0 Å². The second-order valence-electron chi connectivity index (χ2n) is 7.13. The van der Waals surface area contributed by atoms with E-state index in [0.29, 0.717) is 5.75 Å². The van der Waals surface area contributed by atoms with E-state index in [0.717, 1.165) is 32.0 Å². The number of halogens is 1. The minimum Gasteiger partial charge on any atom is -0.481 e. The predicted molar refractivity (Wildman–Crippen MR) is 131 cm³/mol. The fourth-order valence-corrected chi connectivity index (χ4v) is 4.27. The molecule has 4 nitrogen and oxygen atoms in total. The molecule has 0 aliphatic carbocycles. The maximum atomic E-state index is 12.5. The van der Waals surface area contributed by atoms with E-state index in [2.05, 4.69) is 45.7 Å². The maximum absolute atomic E-state index is 12.5. The van der Waals surface area contributed by atoms with E-state index in [1.165, 1.54) is 5.56 Å². The Morgan fingerprint density at radius 1 is 1.03 bits per heavy atom. The third-order valence-electron chi connectivity index (χ3n) is 4.82. The van der Waals surface area contributed by atoms with Crippen LogP contribution >= 0.6 is 27.3 Å². The van der Waals surface area contributed by atoms with Gasteiger partial charge in [0.25, 0.3) is 5.91 Å². The number of aromatic nitrogens is 1. The van der Waals surface area contributed by atoms with Gasteiger partial charge in [-0.25, -0.2) is 4.98 Å². The Bertz CT molecular complexity index is 1190. The number of amides is 1. The highest BCUT2D eigenvalue weighted by molar-refractivity contribution is 9.10. The van der Waals surface area contributed by atoms with Gasteiger partial charge in [0.1, 0.15) is 10.8 Å². The number of nitrogens with zero attached hydrogens (tertiary/aromatic N) is 1. The fourth-order valence-electron chi connectivity index (χ4n) is 3.08. The zero-order chi connectivity index (χ0) is 21.8. The molecule has 1 atom stereocenters. The van der Waals surface area contributed by atoms with E-state index < -0.39 is 6.10 Å². The first kappa shape index (κ1) is 21.3. The Kier molecular flexibility index (Phi) is 6.49. The summed E-state index contributed by atoms with van der Waals surface area (Å²) in [4.78, 5) is 17.3. The quantitative estimate of drug-likeness (QED) is 0.316. The smallest absolute Gasteiger partial charge is 0.265 e. The molecular weight excluding hydrogens is 472 g/mol. The summed E-state index contributed by atoms with van der Waals surface area (Å²) in [5, 5.41) is 5.96. The molecule has 4 aromatic rings.